The second-order valence-electron chi connectivity index (χ2n) is 5.27. The van der Waals surface area contributed by atoms with Crippen LogP contribution in [0.4, 0.5) is 5.69 Å². The Kier molecular flexibility index (Phi) is 3.42. The minimum atomic E-state index is -0.384. The second kappa shape index (κ2) is 4.88. The van der Waals surface area contributed by atoms with E-state index in [1.807, 2.05) is 32.0 Å². The third-order valence-corrected chi connectivity index (χ3v) is 3.26. The van der Waals surface area contributed by atoms with Crippen molar-refractivity contribution in [3.8, 4) is 0 Å². The van der Waals surface area contributed by atoms with E-state index >= 15 is 0 Å². The zero-order valence-corrected chi connectivity index (χ0v) is 11.3. The van der Waals surface area contributed by atoms with Gasteiger partial charge in [0.2, 0.25) is 5.91 Å². The third-order valence-electron chi connectivity index (χ3n) is 3.26. The molecule has 1 N–H and O–H groups in total. The fraction of sp³-hybridized carbons (Fsp3) is 0.333. The highest BCUT2D eigenvalue weighted by Crippen LogP contribution is 2.37. The Balaban J connectivity index is 2.36. The summed E-state index contributed by atoms with van der Waals surface area (Å²) in [5.41, 5.74) is 2.64. The van der Waals surface area contributed by atoms with E-state index in [0.29, 0.717) is 6.42 Å². The molecule has 2 rings (SSSR count). The smallest absolute Gasteiger partial charge is 0.330 e. The van der Waals surface area contributed by atoms with Gasteiger partial charge in [-0.15, -0.1) is 0 Å². The van der Waals surface area contributed by atoms with Crippen LogP contribution in [0.1, 0.15) is 31.4 Å². The quantitative estimate of drug-likeness (QED) is 0.655. The molecule has 0 aliphatic carbocycles. The van der Waals surface area contributed by atoms with Crippen LogP contribution in [-0.4, -0.2) is 19.0 Å². The molecular formula is C15H17NO3. The van der Waals surface area contributed by atoms with E-state index in [1.165, 1.54) is 13.2 Å². The van der Waals surface area contributed by atoms with Crippen molar-refractivity contribution in [2.75, 3.05) is 12.4 Å². The van der Waals surface area contributed by atoms with Crippen LogP contribution in [0.15, 0.2) is 24.3 Å². The van der Waals surface area contributed by atoms with Crippen LogP contribution < -0.4 is 5.32 Å². The molecule has 0 fully saturated rings. The fourth-order valence-electron chi connectivity index (χ4n) is 2.26. The van der Waals surface area contributed by atoms with E-state index in [0.717, 1.165) is 16.8 Å². The summed E-state index contributed by atoms with van der Waals surface area (Å²) >= 11 is 0. The number of hydrogen-bond donors (Lipinski definition) is 1. The van der Waals surface area contributed by atoms with Gasteiger partial charge in [-0.3, -0.25) is 4.79 Å². The Morgan fingerprint density at radius 3 is 2.84 bits per heavy atom. The Morgan fingerprint density at radius 1 is 1.42 bits per heavy atom. The lowest BCUT2D eigenvalue weighted by Crippen LogP contribution is -2.32. The van der Waals surface area contributed by atoms with Gasteiger partial charge in [-0.05, 0) is 29.3 Å². The van der Waals surface area contributed by atoms with Crippen molar-refractivity contribution in [3.05, 3.63) is 35.4 Å². The Labute approximate surface area is 112 Å². The summed E-state index contributed by atoms with van der Waals surface area (Å²) in [4.78, 5) is 22.7. The molecule has 4 heteroatoms. The number of carbonyl (C=O) groups is 2. The monoisotopic (exact) mass is 259 g/mol. The number of nitrogens with one attached hydrogen (secondary N) is 1. The standard InChI is InChI=1S/C15H17NO3/c1-15(2)9-13(17)16-12-6-4-10(8-11(12)15)5-7-14(18)19-3/h4-8H,9H2,1-3H3,(H,16,17)/b7-5-. The number of anilines is 1. The molecule has 19 heavy (non-hydrogen) atoms. The summed E-state index contributed by atoms with van der Waals surface area (Å²) < 4.78 is 4.56. The van der Waals surface area contributed by atoms with Gasteiger partial charge in [0.25, 0.3) is 0 Å². The molecule has 1 aromatic rings. The van der Waals surface area contributed by atoms with Gasteiger partial charge in [-0.2, -0.15) is 0 Å². The summed E-state index contributed by atoms with van der Waals surface area (Å²) in [6.45, 7) is 4.08. The molecule has 0 spiro atoms. The maximum absolute atomic E-state index is 11.6. The lowest BCUT2D eigenvalue weighted by atomic mass is 9.77. The van der Waals surface area contributed by atoms with Crippen LogP contribution in [0.5, 0.6) is 0 Å². The van der Waals surface area contributed by atoms with E-state index in [9.17, 15) is 9.59 Å². The summed E-state index contributed by atoms with van der Waals surface area (Å²) in [7, 11) is 1.35. The minimum absolute atomic E-state index is 0.0374. The maximum Gasteiger partial charge on any atom is 0.330 e. The van der Waals surface area contributed by atoms with E-state index in [-0.39, 0.29) is 17.3 Å². The van der Waals surface area contributed by atoms with Gasteiger partial charge < -0.3 is 10.1 Å². The average molecular weight is 259 g/mol. The normalized spacial score (nSPS) is 16.9. The Hall–Kier alpha value is -2.10. The molecule has 1 heterocycles. The lowest BCUT2D eigenvalue weighted by molar-refractivity contribution is -0.134. The molecule has 0 radical (unpaired) electrons. The first-order valence-electron chi connectivity index (χ1n) is 6.13. The molecule has 0 unspecified atom stereocenters. The highest BCUT2D eigenvalue weighted by atomic mass is 16.5. The minimum Gasteiger partial charge on any atom is -0.466 e. The van der Waals surface area contributed by atoms with Crippen molar-refractivity contribution < 1.29 is 14.3 Å². The van der Waals surface area contributed by atoms with Crippen LogP contribution in [0.25, 0.3) is 6.08 Å². The zero-order valence-electron chi connectivity index (χ0n) is 11.3. The number of rotatable bonds is 2. The number of fused-ring (bicyclic) bond motifs is 1. The molecule has 1 aromatic carbocycles. The van der Waals surface area contributed by atoms with Crippen molar-refractivity contribution in [1.82, 2.24) is 0 Å². The Bertz CT molecular complexity index is 559. The van der Waals surface area contributed by atoms with E-state index in [2.05, 4.69) is 10.1 Å². The van der Waals surface area contributed by atoms with Crippen LogP contribution >= 0.6 is 0 Å². The maximum atomic E-state index is 11.6. The van der Waals surface area contributed by atoms with Gasteiger partial charge in [-0.25, -0.2) is 4.79 Å². The van der Waals surface area contributed by atoms with Crippen molar-refractivity contribution in [3.63, 3.8) is 0 Å². The van der Waals surface area contributed by atoms with Gasteiger partial charge >= 0.3 is 5.97 Å². The fourth-order valence-corrected chi connectivity index (χ4v) is 2.26. The molecular weight excluding hydrogens is 242 g/mol. The van der Waals surface area contributed by atoms with E-state index < -0.39 is 0 Å². The number of amides is 1. The zero-order chi connectivity index (χ0) is 14.0. The molecule has 0 bridgehead atoms. The van der Waals surface area contributed by atoms with Crippen LogP contribution in [0.3, 0.4) is 0 Å². The van der Waals surface area contributed by atoms with E-state index in [1.54, 1.807) is 6.08 Å². The number of benzene rings is 1. The van der Waals surface area contributed by atoms with E-state index in [4.69, 9.17) is 0 Å². The number of methoxy groups -OCH3 is 1. The topological polar surface area (TPSA) is 55.4 Å². The molecule has 4 nitrogen and oxygen atoms in total. The van der Waals surface area contributed by atoms with Crippen molar-refractivity contribution >= 4 is 23.6 Å². The third kappa shape index (κ3) is 2.84. The number of carbonyl (C=O) groups excluding carboxylic acids is 2. The predicted octanol–water partition coefficient (Wildman–Crippen LogP) is 2.49. The summed E-state index contributed by atoms with van der Waals surface area (Å²) in [5, 5.41) is 2.86. The lowest BCUT2D eigenvalue weighted by Gasteiger charge is -2.32. The summed E-state index contributed by atoms with van der Waals surface area (Å²) in [5.74, 6) is -0.347. The average Bonchev–Trinajstić information content (AvgIpc) is 2.35. The van der Waals surface area contributed by atoms with Gasteiger partial charge in [0.05, 0.1) is 7.11 Å². The highest BCUT2D eigenvalue weighted by molar-refractivity contribution is 5.96. The first-order valence-corrected chi connectivity index (χ1v) is 6.13. The number of hydrogen-bond acceptors (Lipinski definition) is 3. The second-order valence-corrected chi connectivity index (χ2v) is 5.27. The molecule has 1 amide bonds. The SMILES string of the molecule is COC(=O)/C=C\c1ccc2c(c1)C(C)(C)CC(=O)N2. The van der Waals surface area contributed by atoms with Crippen LogP contribution in [0, 0.1) is 0 Å². The first-order chi connectivity index (χ1) is 8.92. The van der Waals surface area contributed by atoms with Gasteiger partial charge in [0.1, 0.15) is 0 Å². The van der Waals surface area contributed by atoms with Gasteiger partial charge in [-0.1, -0.05) is 19.9 Å². The molecule has 0 saturated carbocycles. The summed E-state index contributed by atoms with van der Waals surface area (Å²) in [6.07, 6.45) is 3.55. The van der Waals surface area contributed by atoms with Gasteiger partial charge in [0.15, 0.2) is 0 Å². The largest absolute Gasteiger partial charge is 0.466 e. The predicted molar refractivity (Wildman–Crippen MR) is 73.8 cm³/mol. The Morgan fingerprint density at radius 2 is 2.16 bits per heavy atom. The molecule has 0 aromatic heterocycles. The van der Waals surface area contributed by atoms with Crippen LogP contribution in [0.2, 0.25) is 0 Å². The molecule has 0 saturated heterocycles. The first kappa shape index (κ1) is 13.3. The summed E-state index contributed by atoms with van der Waals surface area (Å²) in [6, 6.07) is 5.72. The van der Waals surface area contributed by atoms with Crippen molar-refractivity contribution in [1.29, 1.82) is 0 Å². The molecule has 1 aliphatic heterocycles. The van der Waals surface area contributed by atoms with Crippen molar-refractivity contribution in [2.24, 2.45) is 0 Å². The van der Waals surface area contributed by atoms with Crippen LogP contribution in [-0.2, 0) is 19.7 Å². The number of esters is 1. The van der Waals surface area contributed by atoms with Gasteiger partial charge in [0, 0.05) is 23.6 Å². The molecule has 1 aliphatic rings. The number of ether oxygens (including phenoxy) is 1. The molecule has 0 atom stereocenters. The molecule has 100 valence electrons. The highest BCUT2D eigenvalue weighted by Gasteiger charge is 2.31. The van der Waals surface area contributed by atoms with Crippen molar-refractivity contribution in [2.45, 2.75) is 25.7 Å².